The summed E-state index contributed by atoms with van der Waals surface area (Å²) in [7, 11) is 0. The monoisotopic (exact) mass is 666 g/mol. The zero-order valence-electron chi connectivity index (χ0n) is 27.0. The van der Waals surface area contributed by atoms with Crippen LogP contribution in [-0.2, 0) is 14.2 Å². The van der Waals surface area contributed by atoms with Crippen molar-refractivity contribution in [2.24, 2.45) is 0 Å². The molecule has 0 atom stereocenters. The number of aromatic nitrogens is 4. The van der Waals surface area contributed by atoms with Gasteiger partial charge in [-0.05, 0) is 61.4 Å². The van der Waals surface area contributed by atoms with Crippen molar-refractivity contribution in [1.82, 2.24) is 19.9 Å². The highest BCUT2D eigenvalue weighted by molar-refractivity contribution is 5.83. The van der Waals surface area contributed by atoms with Gasteiger partial charge in [-0.3, -0.25) is 0 Å². The van der Waals surface area contributed by atoms with Crippen LogP contribution in [0, 0.1) is 13.8 Å². The quantitative estimate of drug-likeness (QED) is 0.128. The van der Waals surface area contributed by atoms with E-state index >= 15 is 0 Å². The van der Waals surface area contributed by atoms with Gasteiger partial charge in [0.05, 0.1) is 72.6 Å². The van der Waals surface area contributed by atoms with Crippen LogP contribution in [0.25, 0.3) is 44.7 Å². The van der Waals surface area contributed by atoms with Crippen LogP contribution in [0.3, 0.4) is 0 Å². The van der Waals surface area contributed by atoms with Crippen molar-refractivity contribution in [2.75, 3.05) is 52.9 Å². The van der Waals surface area contributed by atoms with Crippen molar-refractivity contribution in [3.05, 3.63) is 105 Å². The highest BCUT2D eigenvalue weighted by Gasteiger charge is 2.17. The summed E-state index contributed by atoms with van der Waals surface area (Å²) in [6.07, 6.45) is 3.18. The molecule has 6 rings (SSSR count). The summed E-state index contributed by atoms with van der Waals surface area (Å²) in [6.45, 7) is 6.21. The molecule has 13 heteroatoms. The molecule has 2 aromatic carbocycles. The number of benzene rings is 2. The maximum atomic E-state index is 12.6. The molecule has 6 aromatic rings. The summed E-state index contributed by atoms with van der Waals surface area (Å²) in [6, 6.07) is 17.8. The first-order chi connectivity index (χ1) is 24.0. The van der Waals surface area contributed by atoms with Gasteiger partial charge in [-0.2, -0.15) is 0 Å². The molecule has 0 saturated heterocycles. The van der Waals surface area contributed by atoms with Crippen LogP contribution in [0.15, 0.2) is 91.5 Å². The van der Waals surface area contributed by atoms with Crippen LogP contribution in [0.4, 0.5) is 0 Å². The highest BCUT2D eigenvalue weighted by Crippen LogP contribution is 2.28. The molecule has 4 aromatic heterocycles. The van der Waals surface area contributed by atoms with Crippen molar-refractivity contribution >= 4 is 21.8 Å². The van der Waals surface area contributed by atoms with Gasteiger partial charge in [0.15, 0.2) is 0 Å². The molecule has 0 N–H and O–H groups in total. The van der Waals surface area contributed by atoms with E-state index < -0.39 is 11.3 Å². The lowest BCUT2D eigenvalue weighted by Gasteiger charge is -2.11. The number of aryl methyl sites for hydroxylation is 2. The normalized spacial score (nSPS) is 11.3. The molecule has 0 amide bonds. The summed E-state index contributed by atoms with van der Waals surface area (Å²) in [5, 5.41) is 0.903. The average molecular weight is 667 g/mol. The van der Waals surface area contributed by atoms with Crippen molar-refractivity contribution in [3.63, 3.8) is 0 Å². The summed E-state index contributed by atoms with van der Waals surface area (Å²) >= 11 is 0. The van der Waals surface area contributed by atoms with Crippen molar-refractivity contribution in [2.45, 2.75) is 13.8 Å². The standard InChI is InChI=1S/C36H34N4O9/c1-23-7-3-11-27-29(23)35(41)48-33(39-27)25-9-5-13-37-31(25)46-21-19-44-17-15-43-16-18-45-20-22-47-32-26(10-6-14-38-32)34-40-28-12-4-8-24(2)30(28)36(42)49-34/h3-14H,15-22H2,1-2H3. The molecule has 0 aliphatic heterocycles. The number of hydrogen-bond acceptors (Lipinski definition) is 13. The molecule has 4 heterocycles. The van der Waals surface area contributed by atoms with Crippen LogP contribution in [0.1, 0.15) is 11.1 Å². The Morgan fingerprint density at radius 3 is 1.37 bits per heavy atom. The first-order valence-electron chi connectivity index (χ1n) is 15.7. The van der Waals surface area contributed by atoms with Gasteiger partial charge < -0.3 is 32.5 Å². The third kappa shape index (κ3) is 8.15. The van der Waals surface area contributed by atoms with Gasteiger partial charge >= 0.3 is 11.3 Å². The number of ether oxygens (including phenoxy) is 5. The van der Waals surface area contributed by atoms with Gasteiger partial charge in [0, 0.05) is 12.4 Å². The van der Waals surface area contributed by atoms with E-state index in [4.69, 9.17) is 32.5 Å². The molecule has 0 bridgehead atoms. The van der Waals surface area contributed by atoms with E-state index in [1.807, 2.05) is 38.1 Å². The minimum atomic E-state index is -0.462. The Balaban J connectivity index is 0.868. The van der Waals surface area contributed by atoms with Gasteiger partial charge in [0.1, 0.15) is 13.2 Å². The topological polar surface area (TPSA) is 158 Å². The summed E-state index contributed by atoms with van der Waals surface area (Å²) < 4.78 is 39.4. The molecule has 0 fully saturated rings. The molecule has 0 saturated carbocycles. The SMILES string of the molecule is Cc1cccc2nc(-c3cccnc3OCCOCCOCCOCCOc3ncccc3-c3nc4cccc(C)c4c(=O)o3)oc(=O)c12. The third-order valence-corrected chi connectivity index (χ3v) is 7.41. The number of rotatable bonds is 16. The molecule has 49 heavy (non-hydrogen) atoms. The second kappa shape index (κ2) is 16.1. The highest BCUT2D eigenvalue weighted by atomic mass is 16.6. The fraction of sp³-hybridized carbons (Fsp3) is 0.278. The molecule has 252 valence electrons. The Morgan fingerprint density at radius 2 is 0.939 bits per heavy atom. The maximum absolute atomic E-state index is 12.6. The van der Waals surface area contributed by atoms with Crippen LogP contribution >= 0.6 is 0 Å². The number of fused-ring (bicyclic) bond motifs is 2. The second-order valence-electron chi connectivity index (χ2n) is 10.8. The van der Waals surface area contributed by atoms with E-state index in [0.29, 0.717) is 72.6 Å². The Bertz CT molecular complexity index is 2010. The molecule has 0 radical (unpaired) electrons. The first-order valence-corrected chi connectivity index (χ1v) is 15.7. The third-order valence-electron chi connectivity index (χ3n) is 7.41. The zero-order chi connectivity index (χ0) is 34.0. The van der Waals surface area contributed by atoms with E-state index in [1.54, 1.807) is 48.8 Å². The number of pyridine rings is 2. The molecule has 0 aliphatic rings. The lowest BCUT2D eigenvalue weighted by Crippen LogP contribution is -2.15. The van der Waals surface area contributed by atoms with E-state index in [-0.39, 0.29) is 36.8 Å². The summed E-state index contributed by atoms with van der Waals surface area (Å²) in [5.41, 5.74) is 2.71. The zero-order valence-corrected chi connectivity index (χ0v) is 27.0. The van der Waals surface area contributed by atoms with Gasteiger partial charge in [-0.15, -0.1) is 0 Å². The number of hydrogen-bond donors (Lipinski definition) is 0. The molecular formula is C36H34N4O9. The Morgan fingerprint density at radius 1 is 0.531 bits per heavy atom. The van der Waals surface area contributed by atoms with Crippen molar-refractivity contribution < 1.29 is 32.5 Å². The van der Waals surface area contributed by atoms with Gasteiger partial charge in [-0.25, -0.2) is 29.5 Å². The Kier molecular flexibility index (Phi) is 11.0. The first kappa shape index (κ1) is 33.4. The average Bonchev–Trinajstić information content (AvgIpc) is 3.10. The van der Waals surface area contributed by atoms with Gasteiger partial charge in [0.25, 0.3) is 0 Å². The lowest BCUT2D eigenvalue weighted by atomic mass is 10.1. The molecule has 0 aliphatic carbocycles. The number of nitrogens with zero attached hydrogens (tertiary/aromatic N) is 4. The minimum Gasteiger partial charge on any atom is -0.475 e. The molecular weight excluding hydrogens is 632 g/mol. The predicted octanol–water partition coefficient (Wildman–Crippen LogP) is 4.94. The van der Waals surface area contributed by atoms with Gasteiger partial charge in [-0.1, -0.05) is 24.3 Å². The predicted molar refractivity (Wildman–Crippen MR) is 180 cm³/mol. The fourth-order valence-corrected chi connectivity index (χ4v) is 5.07. The van der Waals surface area contributed by atoms with E-state index in [9.17, 15) is 9.59 Å². The Labute approximate surface area is 280 Å². The maximum Gasteiger partial charge on any atom is 0.347 e. The van der Waals surface area contributed by atoms with Crippen LogP contribution < -0.4 is 20.7 Å². The van der Waals surface area contributed by atoms with E-state index in [0.717, 1.165) is 11.1 Å². The second-order valence-corrected chi connectivity index (χ2v) is 10.8. The van der Waals surface area contributed by atoms with Crippen molar-refractivity contribution in [3.8, 4) is 34.7 Å². The van der Waals surface area contributed by atoms with Crippen LogP contribution in [-0.4, -0.2) is 72.8 Å². The summed E-state index contributed by atoms with van der Waals surface area (Å²) in [5.74, 6) is 0.855. The van der Waals surface area contributed by atoms with Crippen LogP contribution in [0.5, 0.6) is 11.8 Å². The van der Waals surface area contributed by atoms with Crippen LogP contribution in [0.2, 0.25) is 0 Å². The molecule has 13 nitrogen and oxygen atoms in total. The summed E-state index contributed by atoms with van der Waals surface area (Å²) in [4.78, 5) is 42.8. The Hall–Kier alpha value is -5.50. The fourth-order valence-electron chi connectivity index (χ4n) is 5.07. The molecule has 0 spiro atoms. The lowest BCUT2D eigenvalue weighted by molar-refractivity contribution is 0.00464. The van der Waals surface area contributed by atoms with E-state index in [1.165, 1.54) is 0 Å². The molecule has 0 unspecified atom stereocenters. The van der Waals surface area contributed by atoms with Crippen molar-refractivity contribution in [1.29, 1.82) is 0 Å². The minimum absolute atomic E-state index is 0.138. The largest absolute Gasteiger partial charge is 0.475 e. The van der Waals surface area contributed by atoms with E-state index in [2.05, 4.69) is 19.9 Å². The smallest absolute Gasteiger partial charge is 0.347 e. The van der Waals surface area contributed by atoms with Gasteiger partial charge in [0.2, 0.25) is 23.5 Å².